The highest BCUT2D eigenvalue weighted by Gasteiger charge is 2.12. The summed E-state index contributed by atoms with van der Waals surface area (Å²) in [7, 11) is 0. The highest BCUT2D eigenvalue weighted by atomic mass is 32.2. The average Bonchev–Trinajstić information content (AvgIpc) is 2.47. The number of carbonyl (C=O) groups excluding carboxylic acids is 1. The lowest BCUT2D eigenvalue weighted by atomic mass is 10.2. The molecule has 0 heterocycles. The van der Waals surface area contributed by atoms with E-state index in [1.807, 2.05) is 18.4 Å². The molecule has 4 nitrogen and oxygen atoms in total. The van der Waals surface area contributed by atoms with Crippen LogP contribution >= 0.6 is 24.0 Å². The minimum Gasteiger partial charge on any atom is -0.457 e. The van der Waals surface area contributed by atoms with Crippen molar-refractivity contribution in [3.63, 3.8) is 0 Å². The molecule has 0 radical (unpaired) electrons. The van der Waals surface area contributed by atoms with E-state index in [9.17, 15) is 4.79 Å². The Kier molecular flexibility index (Phi) is 4.82. The maximum Gasteiger partial charge on any atom is 0.248 e. The van der Waals surface area contributed by atoms with Crippen LogP contribution in [0.15, 0.2) is 47.4 Å². The van der Waals surface area contributed by atoms with Crippen molar-refractivity contribution in [2.24, 2.45) is 11.5 Å². The fourth-order valence-corrected chi connectivity index (χ4v) is 2.73. The van der Waals surface area contributed by atoms with Gasteiger partial charge in [0.1, 0.15) is 16.5 Å². The fraction of sp³-hybridized carbons (Fsp3) is 0.0667. The molecule has 0 aliphatic heterocycles. The van der Waals surface area contributed by atoms with Crippen LogP contribution in [0.4, 0.5) is 0 Å². The topological polar surface area (TPSA) is 78.3 Å². The van der Waals surface area contributed by atoms with Crippen LogP contribution < -0.4 is 16.2 Å². The van der Waals surface area contributed by atoms with Crippen LogP contribution in [0, 0.1) is 0 Å². The van der Waals surface area contributed by atoms with Crippen molar-refractivity contribution in [1.29, 1.82) is 0 Å². The summed E-state index contributed by atoms with van der Waals surface area (Å²) in [5.41, 5.74) is 12.1. The standard InChI is InChI=1S/C15H14N2O2S2/c1-21-12-4-2-3-11(13(12)15(17)20)19-10-7-5-9(6-8-10)14(16)18/h2-8H,1H3,(H2,16,18)(H2,17,20). The first kappa shape index (κ1) is 15.3. The maximum atomic E-state index is 11.0. The fourth-order valence-electron chi connectivity index (χ4n) is 1.82. The van der Waals surface area contributed by atoms with Crippen LogP contribution in [0.5, 0.6) is 11.5 Å². The molecule has 2 aromatic rings. The zero-order chi connectivity index (χ0) is 15.4. The molecule has 108 valence electrons. The lowest BCUT2D eigenvalue weighted by molar-refractivity contribution is 0.100. The molecule has 0 aromatic heterocycles. The molecule has 1 amide bonds. The number of ether oxygens (including phenoxy) is 1. The molecular formula is C15H14N2O2S2. The van der Waals surface area contributed by atoms with E-state index >= 15 is 0 Å². The van der Waals surface area contributed by atoms with Gasteiger partial charge in [0, 0.05) is 10.5 Å². The van der Waals surface area contributed by atoms with Gasteiger partial charge in [0.15, 0.2) is 0 Å². The molecule has 0 bridgehead atoms. The van der Waals surface area contributed by atoms with Gasteiger partial charge in [-0.3, -0.25) is 4.79 Å². The van der Waals surface area contributed by atoms with E-state index in [0.717, 1.165) is 4.90 Å². The summed E-state index contributed by atoms with van der Waals surface area (Å²) < 4.78 is 5.82. The zero-order valence-corrected chi connectivity index (χ0v) is 13.0. The van der Waals surface area contributed by atoms with Gasteiger partial charge in [0.05, 0.1) is 5.56 Å². The number of hydrogen-bond acceptors (Lipinski definition) is 4. The molecule has 0 unspecified atom stereocenters. The number of benzene rings is 2. The Morgan fingerprint density at radius 1 is 1.14 bits per heavy atom. The van der Waals surface area contributed by atoms with E-state index in [4.69, 9.17) is 28.4 Å². The Hall–Kier alpha value is -2.05. The van der Waals surface area contributed by atoms with Gasteiger partial charge < -0.3 is 16.2 Å². The molecule has 2 rings (SSSR count). The molecule has 0 atom stereocenters. The number of nitrogens with two attached hydrogens (primary N) is 2. The number of thioether (sulfide) groups is 1. The average molecular weight is 318 g/mol. The van der Waals surface area contributed by atoms with Crippen molar-refractivity contribution in [2.45, 2.75) is 4.90 Å². The third kappa shape index (κ3) is 3.53. The maximum absolute atomic E-state index is 11.0. The molecule has 6 heteroatoms. The normalized spacial score (nSPS) is 10.1. The molecule has 0 spiro atoms. The summed E-state index contributed by atoms with van der Waals surface area (Å²) in [6.45, 7) is 0. The number of thiocarbonyl (C=S) groups is 1. The molecule has 0 aliphatic carbocycles. The Morgan fingerprint density at radius 3 is 2.33 bits per heavy atom. The van der Waals surface area contributed by atoms with Crippen LogP contribution in [0.2, 0.25) is 0 Å². The smallest absolute Gasteiger partial charge is 0.248 e. The minimum absolute atomic E-state index is 0.281. The number of primary amides is 1. The minimum atomic E-state index is -0.477. The molecule has 0 aliphatic rings. The predicted octanol–water partition coefficient (Wildman–Crippen LogP) is 2.93. The summed E-state index contributed by atoms with van der Waals surface area (Å²) in [5.74, 6) is 0.687. The molecule has 4 N–H and O–H groups in total. The highest BCUT2D eigenvalue weighted by molar-refractivity contribution is 7.98. The lowest BCUT2D eigenvalue weighted by Crippen LogP contribution is -2.12. The molecule has 21 heavy (non-hydrogen) atoms. The third-order valence-corrected chi connectivity index (χ3v) is 3.81. The quantitative estimate of drug-likeness (QED) is 0.654. The van der Waals surface area contributed by atoms with E-state index in [-0.39, 0.29) is 4.99 Å². The summed E-state index contributed by atoms with van der Waals surface area (Å²) in [5, 5.41) is 0. The predicted molar refractivity (Wildman–Crippen MR) is 89.1 cm³/mol. The first-order chi connectivity index (χ1) is 10.0. The van der Waals surface area contributed by atoms with Crippen molar-refractivity contribution >= 4 is 34.9 Å². The van der Waals surface area contributed by atoms with Crippen LogP contribution in [0.25, 0.3) is 0 Å². The second-order valence-electron chi connectivity index (χ2n) is 4.19. The first-order valence-corrected chi connectivity index (χ1v) is 7.70. The van der Waals surface area contributed by atoms with Gasteiger partial charge in [-0.25, -0.2) is 0 Å². The second kappa shape index (κ2) is 6.60. The number of carbonyl (C=O) groups is 1. The van der Waals surface area contributed by atoms with Gasteiger partial charge in [-0.05, 0) is 42.7 Å². The van der Waals surface area contributed by atoms with E-state index in [0.29, 0.717) is 22.6 Å². The first-order valence-electron chi connectivity index (χ1n) is 6.07. The van der Waals surface area contributed by atoms with Gasteiger partial charge >= 0.3 is 0 Å². The van der Waals surface area contributed by atoms with E-state index < -0.39 is 5.91 Å². The third-order valence-electron chi connectivity index (χ3n) is 2.82. The lowest BCUT2D eigenvalue weighted by Gasteiger charge is -2.13. The summed E-state index contributed by atoms with van der Waals surface area (Å²) in [6, 6.07) is 12.2. The number of amides is 1. The summed E-state index contributed by atoms with van der Waals surface area (Å²) in [4.78, 5) is 12.3. The van der Waals surface area contributed by atoms with Crippen LogP contribution in [-0.2, 0) is 0 Å². The van der Waals surface area contributed by atoms with Crippen molar-refractivity contribution in [3.05, 3.63) is 53.6 Å². The Balaban J connectivity index is 2.35. The van der Waals surface area contributed by atoms with E-state index in [1.54, 1.807) is 42.1 Å². The van der Waals surface area contributed by atoms with Gasteiger partial charge in [0.25, 0.3) is 0 Å². The molecule has 0 saturated heterocycles. The Labute approximate surface area is 132 Å². The zero-order valence-electron chi connectivity index (χ0n) is 11.3. The van der Waals surface area contributed by atoms with Crippen molar-refractivity contribution in [2.75, 3.05) is 6.26 Å². The molecule has 0 fully saturated rings. The summed E-state index contributed by atoms with van der Waals surface area (Å²) >= 11 is 6.64. The van der Waals surface area contributed by atoms with Crippen LogP contribution in [0.1, 0.15) is 15.9 Å². The van der Waals surface area contributed by atoms with Crippen molar-refractivity contribution in [3.8, 4) is 11.5 Å². The molecule has 0 saturated carbocycles. The number of rotatable bonds is 5. The Morgan fingerprint density at radius 2 is 1.81 bits per heavy atom. The monoisotopic (exact) mass is 318 g/mol. The number of hydrogen-bond donors (Lipinski definition) is 2. The SMILES string of the molecule is CSc1cccc(Oc2ccc(C(N)=O)cc2)c1C(N)=S. The van der Waals surface area contributed by atoms with Gasteiger partial charge in [-0.15, -0.1) is 11.8 Å². The van der Waals surface area contributed by atoms with E-state index in [2.05, 4.69) is 0 Å². The second-order valence-corrected chi connectivity index (χ2v) is 5.48. The molecule has 2 aromatic carbocycles. The van der Waals surface area contributed by atoms with Gasteiger partial charge in [-0.2, -0.15) is 0 Å². The van der Waals surface area contributed by atoms with Crippen molar-refractivity contribution < 1.29 is 9.53 Å². The van der Waals surface area contributed by atoms with Crippen LogP contribution in [-0.4, -0.2) is 17.2 Å². The van der Waals surface area contributed by atoms with Gasteiger partial charge in [-0.1, -0.05) is 18.3 Å². The van der Waals surface area contributed by atoms with Crippen molar-refractivity contribution in [1.82, 2.24) is 0 Å². The van der Waals surface area contributed by atoms with E-state index in [1.165, 1.54) is 0 Å². The Bertz CT molecular complexity index is 685. The molecular weight excluding hydrogens is 304 g/mol. The highest BCUT2D eigenvalue weighted by Crippen LogP contribution is 2.32. The summed E-state index contributed by atoms with van der Waals surface area (Å²) in [6.07, 6.45) is 1.95. The largest absolute Gasteiger partial charge is 0.457 e. The van der Waals surface area contributed by atoms with Gasteiger partial charge in [0.2, 0.25) is 5.91 Å². The van der Waals surface area contributed by atoms with Crippen LogP contribution in [0.3, 0.4) is 0 Å².